The minimum atomic E-state index is -3.12. The molecule has 0 amide bonds. The molecule has 0 aromatic carbocycles. The van der Waals surface area contributed by atoms with Gasteiger partial charge in [0.1, 0.15) is 0 Å². The van der Waals surface area contributed by atoms with Gasteiger partial charge in [-0.15, -0.1) is 0 Å². The highest BCUT2D eigenvalue weighted by Gasteiger charge is 2.30. The van der Waals surface area contributed by atoms with E-state index in [2.05, 4.69) is 15.6 Å². The van der Waals surface area contributed by atoms with Crippen LogP contribution in [0.15, 0.2) is 4.99 Å². The first-order valence-corrected chi connectivity index (χ1v) is 9.95. The van der Waals surface area contributed by atoms with Gasteiger partial charge in [0.15, 0.2) is 15.8 Å². The van der Waals surface area contributed by atoms with Gasteiger partial charge in [0, 0.05) is 45.5 Å². The first-order valence-electron chi connectivity index (χ1n) is 8.06. The highest BCUT2D eigenvalue weighted by Crippen LogP contribution is 2.13. The number of nitrogens with zero attached hydrogens (tertiary/aromatic N) is 1. The number of rotatable bonds is 9. The van der Waals surface area contributed by atoms with E-state index in [9.17, 15) is 8.42 Å². The van der Waals surface area contributed by atoms with Gasteiger partial charge in [0.05, 0.1) is 18.0 Å². The molecule has 0 bridgehead atoms. The minimum Gasteiger partial charge on any atom is -0.381 e. The predicted molar refractivity (Wildman–Crippen MR) is 92.6 cm³/mol. The number of aliphatic imine (C=N–C) groups is 1. The smallest absolute Gasteiger partial charge is 0.191 e. The first kappa shape index (κ1) is 20.2. The molecule has 1 rings (SSSR count). The summed E-state index contributed by atoms with van der Waals surface area (Å²) in [5.74, 6) is 1.14. The Morgan fingerprint density at radius 3 is 2.70 bits per heavy atom. The molecule has 1 fully saturated rings. The molecule has 0 radical (unpaired) electrons. The van der Waals surface area contributed by atoms with E-state index in [-0.39, 0.29) is 0 Å². The van der Waals surface area contributed by atoms with Crippen LogP contribution in [-0.2, 0) is 19.3 Å². The zero-order chi connectivity index (χ0) is 17.3. The van der Waals surface area contributed by atoms with Crippen LogP contribution in [-0.4, -0.2) is 71.9 Å². The molecular formula is C15H31N3O4S. The van der Waals surface area contributed by atoms with E-state index in [4.69, 9.17) is 9.47 Å². The molecule has 1 heterocycles. The lowest BCUT2D eigenvalue weighted by Crippen LogP contribution is -2.47. The molecule has 1 atom stereocenters. The van der Waals surface area contributed by atoms with E-state index >= 15 is 0 Å². The standard InChI is InChI=1S/C15H31N3O4S/c1-15(2,23(4,19)20)12-18-14(16-3)17-7-5-8-21-10-13-6-9-22-11-13/h13H,5-12H2,1-4H3,(H2,16,17,18). The second-order valence-electron chi connectivity index (χ2n) is 6.54. The van der Waals surface area contributed by atoms with Crippen LogP contribution in [0.3, 0.4) is 0 Å². The molecule has 23 heavy (non-hydrogen) atoms. The largest absolute Gasteiger partial charge is 0.381 e. The molecular weight excluding hydrogens is 318 g/mol. The van der Waals surface area contributed by atoms with Crippen molar-refractivity contribution in [2.75, 3.05) is 52.8 Å². The third-order valence-corrected chi connectivity index (χ3v) is 6.20. The summed E-state index contributed by atoms with van der Waals surface area (Å²) in [5, 5.41) is 6.22. The van der Waals surface area contributed by atoms with Crippen molar-refractivity contribution < 1.29 is 17.9 Å². The maximum atomic E-state index is 11.7. The lowest BCUT2D eigenvalue weighted by Gasteiger charge is -2.24. The van der Waals surface area contributed by atoms with Gasteiger partial charge in [-0.1, -0.05) is 0 Å². The van der Waals surface area contributed by atoms with Crippen LogP contribution in [0.4, 0.5) is 0 Å². The summed E-state index contributed by atoms with van der Waals surface area (Å²) in [6.45, 7) is 7.54. The average molecular weight is 349 g/mol. The Morgan fingerprint density at radius 2 is 2.13 bits per heavy atom. The van der Waals surface area contributed by atoms with Crippen molar-refractivity contribution in [3.63, 3.8) is 0 Å². The monoisotopic (exact) mass is 349 g/mol. The Labute approximate surface area is 140 Å². The van der Waals surface area contributed by atoms with Crippen molar-refractivity contribution in [3.05, 3.63) is 0 Å². The summed E-state index contributed by atoms with van der Waals surface area (Å²) in [4.78, 5) is 4.10. The van der Waals surface area contributed by atoms with Crippen LogP contribution in [0.5, 0.6) is 0 Å². The van der Waals surface area contributed by atoms with Gasteiger partial charge in [-0.2, -0.15) is 0 Å². The van der Waals surface area contributed by atoms with Gasteiger partial charge in [-0.3, -0.25) is 4.99 Å². The number of ether oxygens (including phenoxy) is 2. The molecule has 0 aromatic heterocycles. The number of sulfone groups is 1. The quantitative estimate of drug-likeness (QED) is 0.356. The van der Waals surface area contributed by atoms with E-state index in [0.29, 0.717) is 25.0 Å². The molecule has 0 spiro atoms. The Morgan fingerprint density at radius 1 is 1.39 bits per heavy atom. The highest BCUT2D eigenvalue weighted by atomic mass is 32.2. The summed E-state index contributed by atoms with van der Waals surface area (Å²) < 4.78 is 33.4. The third-order valence-electron chi connectivity index (χ3n) is 4.04. The molecule has 1 aliphatic rings. The minimum absolute atomic E-state index is 0.309. The zero-order valence-corrected chi connectivity index (χ0v) is 15.5. The van der Waals surface area contributed by atoms with Crippen LogP contribution < -0.4 is 10.6 Å². The summed E-state index contributed by atoms with van der Waals surface area (Å²) in [7, 11) is -1.46. The van der Waals surface area contributed by atoms with Crippen molar-refractivity contribution in [2.45, 2.75) is 31.4 Å². The van der Waals surface area contributed by atoms with Gasteiger partial charge >= 0.3 is 0 Å². The van der Waals surface area contributed by atoms with Gasteiger partial charge < -0.3 is 20.1 Å². The van der Waals surface area contributed by atoms with E-state index in [1.54, 1.807) is 20.9 Å². The molecule has 0 saturated carbocycles. The maximum Gasteiger partial charge on any atom is 0.191 e. The van der Waals surface area contributed by atoms with Crippen LogP contribution in [0.2, 0.25) is 0 Å². The van der Waals surface area contributed by atoms with Crippen molar-refractivity contribution in [2.24, 2.45) is 10.9 Å². The molecule has 2 N–H and O–H groups in total. The van der Waals surface area contributed by atoms with E-state index in [0.717, 1.165) is 39.2 Å². The average Bonchev–Trinajstić information content (AvgIpc) is 2.97. The molecule has 1 aliphatic heterocycles. The Kier molecular flexibility index (Phi) is 8.28. The summed E-state index contributed by atoms with van der Waals surface area (Å²) in [6.07, 6.45) is 3.20. The Balaban J connectivity index is 2.14. The van der Waals surface area contributed by atoms with Gasteiger partial charge in [-0.25, -0.2) is 8.42 Å². The van der Waals surface area contributed by atoms with Crippen molar-refractivity contribution in [3.8, 4) is 0 Å². The molecule has 136 valence electrons. The molecule has 0 aliphatic carbocycles. The van der Waals surface area contributed by atoms with Gasteiger partial charge in [0.25, 0.3) is 0 Å². The second kappa shape index (κ2) is 9.44. The van der Waals surface area contributed by atoms with Crippen LogP contribution in [0.1, 0.15) is 26.7 Å². The topological polar surface area (TPSA) is 89.0 Å². The number of hydrogen-bond acceptors (Lipinski definition) is 5. The Bertz CT molecular complexity index is 471. The summed E-state index contributed by atoms with van der Waals surface area (Å²) in [5.41, 5.74) is 0. The summed E-state index contributed by atoms with van der Waals surface area (Å²) in [6, 6.07) is 0. The van der Waals surface area contributed by atoms with Gasteiger partial charge in [-0.05, 0) is 26.7 Å². The molecule has 0 aromatic rings. The van der Waals surface area contributed by atoms with Crippen LogP contribution in [0, 0.1) is 5.92 Å². The normalized spacial score (nSPS) is 19.8. The fourth-order valence-electron chi connectivity index (χ4n) is 1.99. The van der Waals surface area contributed by atoms with E-state index < -0.39 is 14.6 Å². The van der Waals surface area contributed by atoms with Crippen molar-refractivity contribution in [1.82, 2.24) is 10.6 Å². The lowest BCUT2D eigenvalue weighted by molar-refractivity contribution is 0.0888. The van der Waals surface area contributed by atoms with Crippen LogP contribution in [0.25, 0.3) is 0 Å². The number of guanidine groups is 1. The first-order chi connectivity index (χ1) is 10.8. The molecule has 8 heteroatoms. The molecule has 7 nitrogen and oxygen atoms in total. The third kappa shape index (κ3) is 7.50. The highest BCUT2D eigenvalue weighted by molar-refractivity contribution is 7.92. The summed E-state index contributed by atoms with van der Waals surface area (Å²) >= 11 is 0. The predicted octanol–water partition coefficient (Wildman–Crippen LogP) is 0.418. The zero-order valence-electron chi connectivity index (χ0n) is 14.7. The second-order valence-corrected chi connectivity index (χ2v) is 9.19. The van der Waals surface area contributed by atoms with E-state index in [1.165, 1.54) is 6.26 Å². The molecule has 1 unspecified atom stereocenters. The van der Waals surface area contributed by atoms with Crippen molar-refractivity contribution >= 4 is 15.8 Å². The fraction of sp³-hybridized carbons (Fsp3) is 0.933. The van der Waals surface area contributed by atoms with E-state index in [1.807, 2.05) is 0 Å². The van der Waals surface area contributed by atoms with Gasteiger partial charge in [0.2, 0.25) is 0 Å². The lowest BCUT2D eigenvalue weighted by atomic mass is 10.1. The maximum absolute atomic E-state index is 11.7. The SMILES string of the molecule is CN=C(NCCCOCC1CCOC1)NCC(C)(C)S(C)(=O)=O. The Hall–Kier alpha value is -0.860. The fourth-order valence-corrected chi connectivity index (χ4v) is 2.33. The van der Waals surface area contributed by atoms with Crippen LogP contribution >= 0.6 is 0 Å². The number of nitrogens with one attached hydrogen (secondary N) is 2. The number of hydrogen-bond donors (Lipinski definition) is 2. The van der Waals surface area contributed by atoms with Crippen molar-refractivity contribution in [1.29, 1.82) is 0 Å². The molecule has 1 saturated heterocycles.